The fourth-order valence-corrected chi connectivity index (χ4v) is 1.78. The standard InChI is InChI=1S/C14H18F3NO/c15-12-6-11(7-13(16)14(12)17)8-18-4-1-5-19-9-10-2-3-10/h6-7,10,18H,1-5,8-9H2. The summed E-state index contributed by atoms with van der Waals surface area (Å²) in [5.41, 5.74) is 0.398. The fraction of sp³-hybridized carbons (Fsp3) is 0.571. The molecular formula is C14H18F3NO. The Morgan fingerprint density at radius 2 is 1.84 bits per heavy atom. The lowest BCUT2D eigenvalue weighted by molar-refractivity contribution is 0.122. The summed E-state index contributed by atoms with van der Waals surface area (Å²) in [6.07, 6.45) is 3.40. The number of ether oxygens (including phenoxy) is 1. The summed E-state index contributed by atoms with van der Waals surface area (Å²) in [7, 11) is 0. The highest BCUT2D eigenvalue weighted by Crippen LogP contribution is 2.28. The van der Waals surface area contributed by atoms with Gasteiger partial charge in [-0.05, 0) is 49.4 Å². The lowest BCUT2D eigenvalue weighted by Crippen LogP contribution is -2.17. The molecule has 1 aliphatic rings. The summed E-state index contributed by atoms with van der Waals surface area (Å²) >= 11 is 0. The third-order valence-electron chi connectivity index (χ3n) is 3.07. The predicted octanol–water partition coefficient (Wildman–Crippen LogP) is 3.01. The van der Waals surface area contributed by atoms with Crippen LogP contribution in [0.25, 0.3) is 0 Å². The first-order valence-corrected chi connectivity index (χ1v) is 6.58. The van der Waals surface area contributed by atoms with Gasteiger partial charge in [-0.15, -0.1) is 0 Å². The van der Waals surface area contributed by atoms with Crippen LogP contribution in [0.15, 0.2) is 12.1 Å². The Kier molecular flexibility index (Phi) is 5.22. The number of nitrogens with one attached hydrogen (secondary N) is 1. The van der Waals surface area contributed by atoms with Crippen LogP contribution in [0.5, 0.6) is 0 Å². The molecule has 0 saturated heterocycles. The van der Waals surface area contributed by atoms with Gasteiger partial charge in [0.25, 0.3) is 0 Å². The summed E-state index contributed by atoms with van der Waals surface area (Å²) in [6, 6.07) is 2.02. The zero-order valence-corrected chi connectivity index (χ0v) is 10.7. The van der Waals surface area contributed by atoms with Crippen molar-refractivity contribution >= 4 is 0 Å². The monoisotopic (exact) mass is 273 g/mol. The first-order valence-electron chi connectivity index (χ1n) is 6.58. The zero-order chi connectivity index (χ0) is 13.7. The lowest BCUT2D eigenvalue weighted by atomic mass is 10.2. The Balaban J connectivity index is 1.59. The van der Waals surface area contributed by atoms with Crippen molar-refractivity contribution in [1.82, 2.24) is 5.32 Å². The van der Waals surface area contributed by atoms with Crippen LogP contribution in [0.2, 0.25) is 0 Å². The van der Waals surface area contributed by atoms with Gasteiger partial charge in [0.1, 0.15) is 0 Å². The minimum Gasteiger partial charge on any atom is -0.381 e. The highest BCUT2D eigenvalue weighted by molar-refractivity contribution is 5.19. The Morgan fingerprint density at radius 3 is 2.47 bits per heavy atom. The summed E-state index contributed by atoms with van der Waals surface area (Å²) in [4.78, 5) is 0. The van der Waals surface area contributed by atoms with E-state index in [1.807, 2.05) is 0 Å². The van der Waals surface area contributed by atoms with Crippen molar-refractivity contribution in [2.45, 2.75) is 25.8 Å². The summed E-state index contributed by atoms with van der Waals surface area (Å²) in [5.74, 6) is -2.95. The largest absolute Gasteiger partial charge is 0.381 e. The van der Waals surface area contributed by atoms with E-state index < -0.39 is 17.5 Å². The van der Waals surface area contributed by atoms with E-state index in [2.05, 4.69) is 5.32 Å². The molecule has 0 heterocycles. The van der Waals surface area contributed by atoms with Gasteiger partial charge in [0.15, 0.2) is 17.5 Å². The molecule has 106 valence electrons. The van der Waals surface area contributed by atoms with Crippen molar-refractivity contribution in [3.8, 4) is 0 Å². The van der Waals surface area contributed by atoms with Crippen LogP contribution in [0.1, 0.15) is 24.8 Å². The SMILES string of the molecule is Fc1cc(CNCCCOCC2CC2)cc(F)c1F. The molecule has 1 N–H and O–H groups in total. The molecule has 5 heteroatoms. The van der Waals surface area contributed by atoms with E-state index in [9.17, 15) is 13.2 Å². The van der Waals surface area contributed by atoms with Gasteiger partial charge in [-0.25, -0.2) is 13.2 Å². The molecule has 2 nitrogen and oxygen atoms in total. The second-order valence-corrected chi connectivity index (χ2v) is 4.92. The van der Waals surface area contributed by atoms with Gasteiger partial charge in [-0.3, -0.25) is 0 Å². The normalized spacial score (nSPS) is 14.9. The highest BCUT2D eigenvalue weighted by Gasteiger charge is 2.20. The van der Waals surface area contributed by atoms with Crippen molar-refractivity contribution in [3.63, 3.8) is 0 Å². The molecule has 0 bridgehead atoms. The summed E-state index contributed by atoms with van der Waals surface area (Å²) in [6.45, 7) is 2.55. The Bertz CT molecular complexity index is 398. The third-order valence-corrected chi connectivity index (χ3v) is 3.07. The highest BCUT2D eigenvalue weighted by atomic mass is 19.2. The average molecular weight is 273 g/mol. The number of hydrogen-bond donors (Lipinski definition) is 1. The quantitative estimate of drug-likeness (QED) is 0.580. The van der Waals surface area contributed by atoms with Crippen LogP contribution in [-0.2, 0) is 11.3 Å². The third kappa shape index (κ3) is 4.84. The molecule has 1 fully saturated rings. The molecule has 0 aliphatic heterocycles. The van der Waals surface area contributed by atoms with Crippen LogP contribution in [0.4, 0.5) is 13.2 Å². The average Bonchev–Trinajstić information content (AvgIpc) is 3.18. The van der Waals surface area contributed by atoms with E-state index in [4.69, 9.17) is 4.74 Å². The number of rotatable bonds is 8. The maximum absolute atomic E-state index is 12.9. The van der Waals surface area contributed by atoms with Crippen LogP contribution >= 0.6 is 0 Å². The van der Waals surface area contributed by atoms with Gasteiger partial charge < -0.3 is 10.1 Å². The Labute approximate surface area is 111 Å². The van der Waals surface area contributed by atoms with E-state index in [-0.39, 0.29) is 0 Å². The summed E-state index contributed by atoms with van der Waals surface area (Å²) in [5, 5.41) is 3.04. The molecular weight excluding hydrogens is 255 g/mol. The minimum atomic E-state index is -1.42. The van der Waals surface area contributed by atoms with Crippen LogP contribution < -0.4 is 5.32 Å². The smallest absolute Gasteiger partial charge is 0.194 e. The van der Waals surface area contributed by atoms with E-state index in [0.717, 1.165) is 31.1 Å². The van der Waals surface area contributed by atoms with Crippen molar-refractivity contribution in [2.24, 2.45) is 5.92 Å². The first kappa shape index (κ1) is 14.3. The summed E-state index contributed by atoms with van der Waals surface area (Å²) < 4.78 is 44.0. The van der Waals surface area contributed by atoms with Crippen LogP contribution in [-0.4, -0.2) is 19.8 Å². The second-order valence-electron chi connectivity index (χ2n) is 4.92. The van der Waals surface area contributed by atoms with Gasteiger partial charge in [0.2, 0.25) is 0 Å². The van der Waals surface area contributed by atoms with Crippen molar-refractivity contribution < 1.29 is 17.9 Å². The van der Waals surface area contributed by atoms with Gasteiger partial charge in [-0.2, -0.15) is 0 Å². The van der Waals surface area contributed by atoms with E-state index in [0.29, 0.717) is 25.3 Å². The molecule has 1 aromatic rings. The van der Waals surface area contributed by atoms with Gasteiger partial charge in [0, 0.05) is 19.8 Å². The number of halogens is 3. The van der Waals surface area contributed by atoms with Crippen molar-refractivity contribution in [1.29, 1.82) is 0 Å². The number of benzene rings is 1. The molecule has 19 heavy (non-hydrogen) atoms. The molecule has 1 saturated carbocycles. The zero-order valence-electron chi connectivity index (χ0n) is 10.7. The maximum Gasteiger partial charge on any atom is 0.194 e. The van der Waals surface area contributed by atoms with Crippen molar-refractivity contribution in [3.05, 3.63) is 35.1 Å². The topological polar surface area (TPSA) is 21.3 Å². The molecule has 0 radical (unpaired) electrons. The van der Waals surface area contributed by atoms with Gasteiger partial charge >= 0.3 is 0 Å². The Hall–Kier alpha value is -1.07. The van der Waals surface area contributed by atoms with Crippen LogP contribution in [0.3, 0.4) is 0 Å². The predicted molar refractivity (Wildman–Crippen MR) is 66.2 cm³/mol. The van der Waals surface area contributed by atoms with Crippen molar-refractivity contribution in [2.75, 3.05) is 19.8 Å². The molecule has 1 aromatic carbocycles. The molecule has 0 aromatic heterocycles. The molecule has 2 rings (SSSR count). The molecule has 0 atom stereocenters. The van der Waals surface area contributed by atoms with E-state index in [1.165, 1.54) is 12.8 Å². The maximum atomic E-state index is 12.9. The first-order chi connectivity index (χ1) is 9.16. The second kappa shape index (κ2) is 6.91. The fourth-order valence-electron chi connectivity index (χ4n) is 1.78. The molecule has 1 aliphatic carbocycles. The minimum absolute atomic E-state index is 0.316. The molecule has 0 unspecified atom stereocenters. The lowest BCUT2D eigenvalue weighted by Gasteiger charge is -2.06. The van der Waals surface area contributed by atoms with Crippen LogP contribution in [0, 0.1) is 23.4 Å². The Morgan fingerprint density at radius 1 is 1.16 bits per heavy atom. The van der Waals surface area contributed by atoms with E-state index >= 15 is 0 Å². The molecule has 0 spiro atoms. The van der Waals surface area contributed by atoms with E-state index in [1.54, 1.807) is 0 Å². The van der Waals surface area contributed by atoms with Gasteiger partial charge in [-0.1, -0.05) is 0 Å². The molecule has 0 amide bonds. The number of hydrogen-bond acceptors (Lipinski definition) is 2. The van der Waals surface area contributed by atoms with Gasteiger partial charge in [0.05, 0.1) is 0 Å².